The molecule has 0 aliphatic carbocycles. The first-order chi connectivity index (χ1) is 8.65. The highest BCUT2D eigenvalue weighted by Gasteiger charge is 2.12. The van der Waals surface area contributed by atoms with Gasteiger partial charge in [0.25, 0.3) is 0 Å². The van der Waals surface area contributed by atoms with E-state index in [1.54, 1.807) is 7.11 Å². The van der Waals surface area contributed by atoms with Crippen molar-refractivity contribution in [1.82, 2.24) is 4.98 Å². The second-order valence-electron chi connectivity index (χ2n) is 3.38. The van der Waals surface area contributed by atoms with Gasteiger partial charge in [-0.15, -0.1) is 11.3 Å². The van der Waals surface area contributed by atoms with Gasteiger partial charge in [-0.05, 0) is 34.1 Å². The van der Waals surface area contributed by atoms with Crippen LogP contribution < -0.4 is 4.74 Å². The molecule has 0 fully saturated rings. The van der Waals surface area contributed by atoms with Crippen LogP contribution in [0.1, 0.15) is 9.80 Å². The topological polar surface area (TPSA) is 48.4 Å². The van der Waals surface area contributed by atoms with E-state index in [0.29, 0.717) is 5.01 Å². The Morgan fingerprint density at radius 2 is 2.17 bits per heavy atom. The molecule has 0 atom stereocenters. The predicted molar refractivity (Wildman–Crippen MR) is 73.1 cm³/mol. The molecular weight excluding hydrogens is 318 g/mol. The number of halogens is 1. The van der Waals surface area contributed by atoms with Crippen molar-refractivity contribution in [2.45, 2.75) is 0 Å². The van der Waals surface area contributed by atoms with Crippen LogP contribution in [0.3, 0.4) is 0 Å². The fraction of sp³-hybridized carbons (Fsp3) is 0.167. The van der Waals surface area contributed by atoms with E-state index in [1.807, 2.05) is 23.6 Å². The normalized spacial score (nSPS) is 10.2. The quantitative estimate of drug-likeness (QED) is 0.811. The predicted octanol–water partition coefficient (Wildman–Crippen LogP) is 3.37. The van der Waals surface area contributed by atoms with Gasteiger partial charge < -0.3 is 9.47 Å². The van der Waals surface area contributed by atoms with Crippen molar-refractivity contribution in [3.8, 4) is 17.0 Å². The zero-order valence-corrected chi connectivity index (χ0v) is 12.2. The summed E-state index contributed by atoms with van der Waals surface area (Å²) in [6.45, 7) is 0. The molecule has 2 aromatic rings. The van der Waals surface area contributed by atoms with Gasteiger partial charge in [0.2, 0.25) is 5.01 Å². The smallest absolute Gasteiger partial charge is 0.367 e. The van der Waals surface area contributed by atoms with Gasteiger partial charge in [0.15, 0.2) is 0 Å². The number of rotatable bonds is 3. The van der Waals surface area contributed by atoms with Crippen molar-refractivity contribution in [1.29, 1.82) is 0 Å². The van der Waals surface area contributed by atoms with Gasteiger partial charge in [0, 0.05) is 10.9 Å². The van der Waals surface area contributed by atoms with E-state index in [1.165, 1.54) is 18.4 Å². The van der Waals surface area contributed by atoms with Crippen LogP contribution in [0, 0.1) is 0 Å². The zero-order valence-electron chi connectivity index (χ0n) is 9.77. The molecule has 0 unspecified atom stereocenters. The van der Waals surface area contributed by atoms with E-state index >= 15 is 0 Å². The standard InChI is InChI=1S/C12H10BrNO3S/c1-16-10-4-3-7(5-8(10)13)9-6-18-11(14-9)12(15)17-2/h3-6H,1-2H3. The maximum atomic E-state index is 11.3. The van der Waals surface area contributed by atoms with Gasteiger partial charge in [0.1, 0.15) is 5.75 Å². The minimum absolute atomic E-state index is 0.347. The van der Waals surface area contributed by atoms with Crippen LogP contribution in [0.25, 0.3) is 11.3 Å². The van der Waals surface area contributed by atoms with Crippen molar-refractivity contribution < 1.29 is 14.3 Å². The van der Waals surface area contributed by atoms with Crippen molar-refractivity contribution in [3.05, 3.63) is 33.1 Å². The van der Waals surface area contributed by atoms with Crippen molar-refractivity contribution >= 4 is 33.2 Å². The third kappa shape index (κ3) is 2.54. The third-order valence-corrected chi connectivity index (χ3v) is 3.75. The van der Waals surface area contributed by atoms with Crippen molar-refractivity contribution in [2.75, 3.05) is 14.2 Å². The molecular formula is C12H10BrNO3S. The minimum atomic E-state index is -0.418. The molecule has 0 aliphatic rings. The molecule has 1 aromatic carbocycles. The van der Waals surface area contributed by atoms with Crippen LogP contribution in [-0.4, -0.2) is 25.2 Å². The summed E-state index contributed by atoms with van der Waals surface area (Å²) in [6, 6.07) is 5.63. The van der Waals surface area contributed by atoms with Crippen LogP contribution in [0.15, 0.2) is 28.1 Å². The Morgan fingerprint density at radius 1 is 1.39 bits per heavy atom. The van der Waals surface area contributed by atoms with E-state index in [2.05, 4.69) is 25.7 Å². The number of esters is 1. The number of carbonyl (C=O) groups is 1. The summed E-state index contributed by atoms with van der Waals surface area (Å²) in [5.41, 5.74) is 1.65. The number of carbonyl (C=O) groups excluding carboxylic acids is 1. The molecule has 0 saturated heterocycles. The molecule has 0 saturated carbocycles. The van der Waals surface area contributed by atoms with Crippen LogP contribution >= 0.6 is 27.3 Å². The van der Waals surface area contributed by atoms with Crippen LogP contribution in [0.4, 0.5) is 0 Å². The first-order valence-corrected chi connectivity index (χ1v) is 6.70. The van der Waals surface area contributed by atoms with Gasteiger partial charge in [-0.2, -0.15) is 0 Å². The largest absolute Gasteiger partial charge is 0.496 e. The van der Waals surface area contributed by atoms with Gasteiger partial charge in [0.05, 0.1) is 24.4 Å². The maximum Gasteiger partial charge on any atom is 0.367 e. The molecule has 1 heterocycles. The molecule has 6 heteroatoms. The lowest BCUT2D eigenvalue weighted by Crippen LogP contribution is -1.99. The summed E-state index contributed by atoms with van der Waals surface area (Å²) in [6.07, 6.45) is 0. The van der Waals surface area contributed by atoms with E-state index in [4.69, 9.17) is 4.74 Å². The molecule has 94 valence electrons. The Bertz CT molecular complexity index is 582. The van der Waals surface area contributed by atoms with Gasteiger partial charge in [-0.1, -0.05) is 0 Å². The average molecular weight is 328 g/mol. The molecule has 4 nitrogen and oxygen atoms in total. The molecule has 1 aromatic heterocycles. The highest BCUT2D eigenvalue weighted by Crippen LogP contribution is 2.31. The monoisotopic (exact) mass is 327 g/mol. The third-order valence-electron chi connectivity index (χ3n) is 2.31. The summed E-state index contributed by atoms with van der Waals surface area (Å²) in [7, 11) is 2.95. The molecule has 18 heavy (non-hydrogen) atoms. The van der Waals surface area contributed by atoms with E-state index < -0.39 is 5.97 Å². The SMILES string of the molecule is COC(=O)c1nc(-c2ccc(OC)c(Br)c2)cs1. The molecule has 0 bridgehead atoms. The Kier molecular flexibility index (Phi) is 3.98. The number of hydrogen-bond acceptors (Lipinski definition) is 5. The molecule has 0 N–H and O–H groups in total. The van der Waals surface area contributed by atoms with E-state index in [-0.39, 0.29) is 0 Å². The lowest BCUT2D eigenvalue weighted by Gasteiger charge is -2.04. The van der Waals surface area contributed by atoms with Crippen LogP contribution in [0.2, 0.25) is 0 Å². The second-order valence-corrected chi connectivity index (χ2v) is 5.09. The molecule has 0 amide bonds. The maximum absolute atomic E-state index is 11.3. The van der Waals surface area contributed by atoms with Gasteiger partial charge >= 0.3 is 5.97 Å². The first-order valence-electron chi connectivity index (χ1n) is 5.03. The number of methoxy groups -OCH3 is 2. The molecule has 0 radical (unpaired) electrons. The zero-order chi connectivity index (χ0) is 13.1. The number of aromatic nitrogens is 1. The number of benzene rings is 1. The Morgan fingerprint density at radius 3 is 2.78 bits per heavy atom. The number of hydrogen-bond donors (Lipinski definition) is 0. The Hall–Kier alpha value is -1.40. The molecule has 0 spiro atoms. The summed E-state index contributed by atoms with van der Waals surface area (Å²) in [4.78, 5) is 15.6. The fourth-order valence-electron chi connectivity index (χ4n) is 1.41. The lowest BCUT2D eigenvalue weighted by molar-refractivity contribution is 0.0600. The highest BCUT2D eigenvalue weighted by atomic mass is 79.9. The summed E-state index contributed by atoms with van der Waals surface area (Å²) in [5, 5.41) is 2.17. The number of nitrogens with zero attached hydrogens (tertiary/aromatic N) is 1. The van der Waals surface area contributed by atoms with Gasteiger partial charge in [-0.25, -0.2) is 9.78 Å². The molecule has 2 rings (SSSR count). The lowest BCUT2D eigenvalue weighted by atomic mass is 10.2. The number of thiazole rings is 1. The fourth-order valence-corrected chi connectivity index (χ4v) is 2.70. The molecule has 0 aliphatic heterocycles. The first kappa shape index (κ1) is 13.0. The van der Waals surface area contributed by atoms with Crippen LogP contribution in [-0.2, 0) is 4.74 Å². The van der Waals surface area contributed by atoms with Gasteiger partial charge in [-0.3, -0.25) is 0 Å². The summed E-state index contributed by atoms with van der Waals surface area (Å²) >= 11 is 4.67. The minimum Gasteiger partial charge on any atom is -0.496 e. The van der Waals surface area contributed by atoms with Crippen molar-refractivity contribution in [2.24, 2.45) is 0 Å². The summed E-state index contributed by atoms with van der Waals surface area (Å²) in [5.74, 6) is 0.334. The van der Waals surface area contributed by atoms with E-state index in [0.717, 1.165) is 21.5 Å². The second kappa shape index (κ2) is 5.49. The highest BCUT2D eigenvalue weighted by molar-refractivity contribution is 9.10. The Balaban J connectivity index is 2.34. The summed E-state index contributed by atoms with van der Waals surface area (Å²) < 4.78 is 10.6. The van der Waals surface area contributed by atoms with Crippen molar-refractivity contribution in [3.63, 3.8) is 0 Å². The Labute approximate surface area is 117 Å². The number of ether oxygens (including phenoxy) is 2. The van der Waals surface area contributed by atoms with E-state index in [9.17, 15) is 4.79 Å². The average Bonchev–Trinajstić information content (AvgIpc) is 2.87. The van der Waals surface area contributed by atoms with Crippen LogP contribution in [0.5, 0.6) is 5.75 Å².